The fourth-order valence-corrected chi connectivity index (χ4v) is 5.32. The van der Waals surface area contributed by atoms with Gasteiger partial charge in [0.25, 0.3) is 11.6 Å². The fourth-order valence-electron chi connectivity index (χ4n) is 3.22. The number of aliphatic carboxylic acids is 1. The molecule has 1 aromatic heterocycles. The molecule has 156 valence electrons. The van der Waals surface area contributed by atoms with Gasteiger partial charge in [0.05, 0.1) is 6.42 Å². The van der Waals surface area contributed by atoms with Crippen LogP contribution in [0.4, 0.5) is 0 Å². The number of carboxylic acids is 1. The fraction of sp³-hybridized carbons (Fsp3) is 0.444. The minimum Gasteiger partial charge on any atom is -0.477 e. The summed E-state index contributed by atoms with van der Waals surface area (Å²) in [5.41, 5.74) is -1.54. The van der Waals surface area contributed by atoms with Crippen molar-refractivity contribution in [3.63, 3.8) is 0 Å². The Morgan fingerprint density at radius 2 is 2.17 bits per heavy atom. The van der Waals surface area contributed by atoms with Gasteiger partial charge in [0.2, 0.25) is 5.91 Å². The molecule has 2 amide bonds. The summed E-state index contributed by atoms with van der Waals surface area (Å²) in [6, 6.07) is 3.64. The van der Waals surface area contributed by atoms with Gasteiger partial charge in [-0.1, -0.05) is 6.07 Å². The van der Waals surface area contributed by atoms with E-state index < -0.39 is 28.9 Å². The van der Waals surface area contributed by atoms with Crippen LogP contribution < -0.4 is 5.32 Å². The first kappa shape index (κ1) is 21.3. The number of amides is 2. The molecule has 3 heterocycles. The van der Waals surface area contributed by atoms with E-state index in [4.69, 9.17) is 9.47 Å². The highest BCUT2D eigenvalue weighted by Gasteiger charge is 2.66. The van der Waals surface area contributed by atoms with E-state index in [2.05, 4.69) is 5.32 Å². The van der Waals surface area contributed by atoms with Crippen LogP contribution in [0.5, 0.6) is 0 Å². The van der Waals surface area contributed by atoms with Crippen molar-refractivity contribution in [1.29, 1.82) is 0 Å². The van der Waals surface area contributed by atoms with Gasteiger partial charge in [0.15, 0.2) is 0 Å². The van der Waals surface area contributed by atoms with Crippen molar-refractivity contribution in [2.75, 3.05) is 19.0 Å². The van der Waals surface area contributed by atoms with Crippen molar-refractivity contribution in [2.24, 2.45) is 0 Å². The van der Waals surface area contributed by atoms with Crippen LogP contribution in [-0.2, 0) is 35.1 Å². The van der Waals surface area contributed by atoms with Crippen molar-refractivity contribution in [2.45, 2.75) is 31.4 Å². The minimum absolute atomic E-state index is 0.0937. The molecule has 9 nitrogen and oxygen atoms in total. The average molecular weight is 440 g/mol. The number of carboxylic acid groups (broad SMARTS) is 1. The lowest BCUT2D eigenvalue weighted by molar-refractivity contribution is -0.197. The largest absolute Gasteiger partial charge is 0.477 e. The zero-order valence-electron chi connectivity index (χ0n) is 15.8. The number of β-lactam (4-membered cyclic amide) rings is 1. The van der Waals surface area contributed by atoms with Gasteiger partial charge in [0.1, 0.15) is 17.7 Å². The van der Waals surface area contributed by atoms with Crippen molar-refractivity contribution in [3.05, 3.63) is 33.7 Å². The summed E-state index contributed by atoms with van der Waals surface area (Å²) in [7, 11) is 0. The van der Waals surface area contributed by atoms with E-state index in [1.54, 1.807) is 6.92 Å². The third kappa shape index (κ3) is 4.02. The maximum Gasteiger partial charge on any atom is 0.352 e. The molecule has 3 rings (SSSR count). The molecule has 29 heavy (non-hydrogen) atoms. The number of carbonyl (C=O) groups excluding carboxylic acids is 3. The molecule has 2 aliphatic rings. The van der Waals surface area contributed by atoms with Crippen molar-refractivity contribution in [3.8, 4) is 0 Å². The Hall–Kier alpha value is -2.37. The molecule has 0 bridgehead atoms. The number of fused-ring (bicyclic) bond motifs is 1. The quantitative estimate of drug-likeness (QED) is 0.348. The van der Waals surface area contributed by atoms with E-state index in [0.29, 0.717) is 5.57 Å². The molecule has 2 aliphatic heterocycles. The van der Waals surface area contributed by atoms with Crippen LogP contribution in [0.15, 0.2) is 28.8 Å². The van der Waals surface area contributed by atoms with Crippen LogP contribution in [0.1, 0.15) is 18.7 Å². The lowest BCUT2D eigenvalue weighted by Gasteiger charge is -2.56. The Morgan fingerprint density at radius 3 is 2.76 bits per heavy atom. The van der Waals surface area contributed by atoms with Crippen LogP contribution in [-0.4, -0.2) is 63.8 Å². The molecule has 1 fully saturated rings. The highest BCUT2D eigenvalue weighted by atomic mass is 32.2. The maximum atomic E-state index is 13.0. The maximum absolute atomic E-state index is 13.0. The van der Waals surface area contributed by atoms with Gasteiger partial charge >= 0.3 is 11.9 Å². The highest BCUT2D eigenvalue weighted by molar-refractivity contribution is 8.00. The number of rotatable bonds is 8. The van der Waals surface area contributed by atoms with Gasteiger partial charge in [-0.15, -0.1) is 23.1 Å². The lowest BCUT2D eigenvalue weighted by Crippen LogP contribution is -2.81. The molecular formula is C18H20N2O7S2. The first-order valence-corrected chi connectivity index (χ1v) is 10.7. The molecular weight excluding hydrogens is 420 g/mol. The summed E-state index contributed by atoms with van der Waals surface area (Å²) in [6.45, 7) is 2.85. The first-order valence-electron chi connectivity index (χ1n) is 8.81. The predicted octanol–water partition coefficient (Wildman–Crippen LogP) is 0.956. The zero-order valence-corrected chi connectivity index (χ0v) is 17.4. The van der Waals surface area contributed by atoms with Gasteiger partial charge in [-0.25, -0.2) is 4.79 Å². The standard InChI is InChI=1S/C18H20N2O7S2/c1-3-27-18(19-13(22)7-12-5-4-6-28-12)16(25)20-14(15(23)24)11(8-26-10(2)21)9-29-17(18)20/h4-6,17H,3,7-9H2,1-2H3,(H,19,22)(H,23,24)/t17-,18?/m0/s1. The van der Waals surface area contributed by atoms with E-state index in [9.17, 15) is 24.3 Å². The SMILES string of the molecule is CCOC1(NC(=O)Cc2cccs2)C(=O)N2C(C(=O)O)=C(COC(C)=O)CS[C@H]21. The number of hydrogen-bond donors (Lipinski definition) is 2. The second-order valence-corrected chi connectivity index (χ2v) is 8.45. The van der Waals surface area contributed by atoms with Crippen molar-refractivity contribution >= 4 is 46.9 Å². The number of nitrogens with one attached hydrogen (secondary N) is 1. The molecule has 0 aromatic carbocycles. The van der Waals surface area contributed by atoms with Gasteiger partial charge < -0.3 is 19.9 Å². The third-order valence-corrected chi connectivity index (χ3v) is 6.62. The number of hydrogen-bond acceptors (Lipinski definition) is 8. The van der Waals surface area contributed by atoms with Crippen LogP contribution in [0.3, 0.4) is 0 Å². The molecule has 0 aliphatic carbocycles. The Morgan fingerprint density at radius 1 is 1.41 bits per heavy atom. The van der Waals surface area contributed by atoms with Crippen LogP contribution in [0, 0.1) is 0 Å². The van der Waals surface area contributed by atoms with Crippen molar-refractivity contribution < 1.29 is 33.8 Å². The summed E-state index contributed by atoms with van der Waals surface area (Å²) in [4.78, 5) is 50.4. The lowest BCUT2D eigenvalue weighted by atomic mass is 9.97. The molecule has 2 N–H and O–H groups in total. The molecule has 1 saturated heterocycles. The van der Waals surface area contributed by atoms with Gasteiger partial charge in [-0.05, 0) is 18.4 Å². The molecule has 1 unspecified atom stereocenters. The number of carbonyl (C=O) groups is 4. The normalized spacial score (nSPS) is 23.3. The average Bonchev–Trinajstić information content (AvgIpc) is 3.17. The summed E-state index contributed by atoms with van der Waals surface area (Å²) in [5, 5.41) is 13.4. The monoisotopic (exact) mass is 440 g/mol. The summed E-state index contributed by atoms with van der Waals surface area (Å²) in [6.07, 6.45) is 0.0937. The topological polar surface area (TPSA) is 122 Å². The predicted molar refractivity (Wildman–Crippen MR) is 105 cm³/mol. The smallest absolute Gasteiger partial charge is 0.352 e. The second kappa shape index (κ2) is 8.56. The molecule has 1 aromatic rings. The number of nitrogens with zero attached hydrogens (tertiary/aromatic N) is 1. The second-order valence-electron chi connectivity index (χ2n) is 6.35. The Kier molecular flexibility index (Phi) is 6.30. The molecule has 0 saturated carbocycles. The Labute approximate surface area is 175 Å². The Balaban J connectivity index is 1.84. The number of ether oxygens (including phenoxy) is 2. The summed E-state index contributed by atoms with van der Waals surface area (Å²) < 4.78 is 10.6. The van der Waals surface area contributed by atoms with E-state index in [0.717, 1.165) is 9.78 Å². The van der Waals surface area contributed by atoms with E-state index >= 15 is 0 Å². The highest BCUT2D eigenvalue weighted by Crippen LogP contribution is 2.46. The first-order chi connectivity index (χ1) is 13.8. The van der Waals surface area contributed by atoms with E-state index in [-0.39, 0.29) is 37.0 Å². The van der Waals surface area contributed by atoms with Gasteiger partial charge in [0, 0.05) is 29.7 Å². The molecule has 2 atom stereocenters. The summed E-state index contributed by atoms with van der Waals surface area (Å²) in [5.74, 6) is -2.68. The Bertz CT molecular complexity index is 868. The van der Waals surface area contributed by atoms with E-state index in [1.807, 2.05) is 17.5 Å². The molecule has 11 heteroatoms. The van der Waals surface area contributed by atoms with Crippen LogP contribution in [0.2, 0.25) is 0 Å². The summed E-state index contributed by atoms with van der Waals surface area (Å²) >= 11 is 2.67. The molecule has 0 spiro atoms. The van der Waals surface area contributed by atoms with Gasteiger partial charge in [-0.2, -0.15) is 0 Å². The van der Waals surface area contributed by atoms with Crippen LogP contribution in [0.25, 0.3) is 0 Å². The third-order valence-electron chi connectivity index (χ3n) is 4.37. The number of thioether (sulfide) groups is 1. The number of thiophene rings is 1. The van der Waals surface area contributed by atoms with Crippen LogP contribution >= 0.6 is 23.1 Å². The molecule has 0 radical (unpaired) electrons. The minimum atomic E-state index is -1.62. The number of esters is 1. The van der Waals surface area contributed by atoms with Crippen molar-refractivity contribution in [1.82, 2.24) is 10.2 Å². The zero-order chi connectivity index (χ0) is 21.2. The van der Waals surface area contributed by atoms with E-state index in [1.165, 1.54) is 30.0 Å². The van der Waals surface area contributed by atoms with Gasteiger partial charge in [-0.3, -0.25) is 19.3 Å².